The van der Waals surface area contributed by atoms with Gasteiger partial charge in [0.25, 0.3) is 0 Å². The molecule has 0 bridgehead atoms. The van der Waals surface area contributed by atoms with Crippen molar-refractivity contribution < 1.29 is 18.0 Å². The fraction of sp³-hybridized carbons (Fsp3) is 0.783. The van der Waals surface area contributed by atoms with E-state index in [1.807, 2.05) is 23.6 Å². The molecule has 0 radical (unpaired) electrons. The van der Waals surface area contributed by atoms with Gasteiger partial charge < -0.3 is 20.0 Å². The molecule has 0 aliphatic carbocycles. The van der Waals surface area contributed by atoms with Gasteiger partial charge in [-0.05, 0) is 51.1 Å². The van der Waals surface area contributed by atoms with E-state index in [-0.39, 0.29) is 18.1 Å². The van der Waals surface area contributed by atoms with Crippen LogP contribution < -0.4 is 10.2 Å². The van der Waals surface area contributed by atoms with E-state index in [1.54, 1.807) is 0 Å². The van der Waals surface area contributed by atoms with Gasteiger partial charge in [0.05, 0.1) is 12.4 Å². The Balaban J connectivity index is 1.49. The molecule has 2 aliphatic rings. The van der Waals surface area contributed by atoms with E-state index in [0.717, 1.165) is 44.9 Å². The number of likely N-dealkylation sites (tertiary alicyclic amines) is 1. The maximum atomic E-state index is 12.9. The molecular weight excluding hydrogens is 433 g/mol. The van der Waals surface area contributed by atoms with Crippen molar-refractivity contribution in [2.75, 3.05) is 44.2 Å². The Morgan fingerprint density at radius 2 is 1.67 bits per heavy atom. The Bertz CT molecular complexity index is 775. The fourth-order valence-electron chi connectivity index (χ4n) is 4.88. The third-order valence-corrected chi connectivity index (χ3v) is 6.35. The molecule has 2 aliphatic heterocycles. The van der Waals surface area contributed by atoms with Gasteiger partial charge in [-0.15, -0.1) is 0 Å². The molecule has 3 heterocycles. The quantitative estimate of drug-likeness (QED) is 0.724. The summed E-state index contributed by atoms with van der Waals surface area (Å²) in [4.78, 5) is 26.6. The highest BCUT2D eigenvalue weighted by Crippen LogP contribution is 2.28. The Hall–Kier alpha value is -2.10. The van der Waals surface area contributed by atoms with E-state index >= 15 is 0 Å². The Morgan fingerprint density at radius 1 is 1.06 bits per heavy atom. The SMILES string of the molecule is C[C@@H]1CN(c2cnc(C(F)(F)F)cn2)C[C@H](C)N1C(=O)NCC1CCN(CC(C)(C)C)CC1. The first-order valence-electron chi connectivity index (χ1n) is 11.8. The lowest BCUT2D eigenvalue weighted by atomic mass is 9.92. The minimum absolute atomic E-state index is 0.0784. The van der Waals surface area contributed by atoms with Crippen LogP contribution in [0.5, 0.6) is 0 Å². The number of hydrogen-bond acceptors (Lipinski definition) is 5. The molecule has 3 rings (SSSR count). The summed E-state index contributed by atoms with van der Waals surface area (Å²) in [6.45, 7) is 15.5. The number of nitrogens with zero attached hydrogens (tertiary/aromatic N) is 5. The molecule has 10 heteroatoms. The summed E-state index contributed by atoms with van der Waals surface area (Å²) in [6, 6.07) is -0.289. The number of alkyl halides is 3. The summed E-state index contributed by atoms with van der Waals surface area (Å²) in [7, 11) is 0. The second-order valence-electron chi connectivity index (χ2n) is 10.7. The van der Waals surface area contributed by atoms with Crippen LogP contribution in [0.2, 0.25) is 0 Å². The van der Waals surface area contributed by atoms with Gasteiger partial charge in [-0.1, -0.05) is 20.8 Å². The molecule has 1 N–H and O–H groups in total. The lowest BCUT2D eigenvalue weighted by Gasteiger charge is -2.45. The molecule has 0 unspecified atom stereocenters. The zero-order chi connectivity index (χ0) is 24.4. The van der Waals surface area contributed by atoms with Crippen LogP contribution in [0.25, 0.3) is 0 Å². The van der Waals surface area contributed by atoms with Crippen molar-refractivity contribution in [3.8, 4) is 0 Å². The van der Waals surface area contributed by atoms with Crippen molar-refractivity contribution in [3.63, 3.8) is 0 Å². The third-order valence-electron chi connectivity index (χ3n) is 6.35. The van der Waals surface area contributed by atoms with Crippen LogP contribution in [-0.4, -0.2) is 77.2 Å². The summed E-state index contributed by atoms with van der Waals surface area (Å²) in [5.74, 6) is 0.878. The molecule has 0 aromatic carbocycles. The number of carbonyl (C=O) groups excluding carboxylic acids is 1. The summed E-state index contributed by atoms with van der Waals surface area (Å²) < 4.78 is 38.2. The molecule has 1 aromatic heterocycles. The van der Waals surface area contributed by atoms with Gasteiger partial charge >= 0.3 is 12.2 Å². The number of rotatable bonds is 4. The maximum Gasteiger partial charge on any atom is 0.434 e. The highest BCUT2D eigenvalue weighted by Gasteiger charge is 2.36. The number of piperidine rings is 1. The molecule has 2 fully saturated rings. The first kappa shape index (κ1) is 25.5. The van der Waals surface area contributed by atoms with E-state index in [1.165, 1.54) is 0 Å². The van der Waals surface area contributed by atoms with Gasteiger partial charge in [0, 0.05) is 38.3 Å². The first-order chi connectivity index (χ1) is 15.3. The van der Waals surface area contributed by atoms with E-state index in [9.17, 15) is 18.0 Å². The smallest absolute Gasteiger partial charge is 0.351 e. The van der Waals surface area contributed by atoms with Crippen molar-refractivity contribution in [1.29, 1.82) is 0 Å². The Morgan fingerprint density at radius 3 is 2.15 bits per heavy atom. The summed E-state index contributed by atoms with van der Waals surface area (Å²) in [6.07, 6.45) is -0.420. The number of aromatic nitrogens is 2. The number of hydrogen-bond donors (Lipinski definition) is 1. The van der Waals surface area contributed by atoms with Crippen molar-refractivity contribution in [2.24, 2.45) is 11.3 Å². The van der Waals surface area contributed by atoms with Gasteiger partial charge in [-0.2, -0.15) is 13.2 Å². The largest absolute Gasteiger partial charge is 0.434 e. The van der Waals surface area contributed by atoms with Crippen LogP contribution >= 0.6 is 0 Å². The number of carbonyl (C=O) groups is 1. The van der Waals surface area contributed by atoms with E-state index in [4.69, 9.17) is 0 Å². The molecule has 2 amide bonds. The molecule has 2 atom stereocenters. The second-order valence-corrected chi connectivity index (χ2v) is 10.7. The fourth-order valence-corrected chi connectivity index (χ4v) is 4.88. The lowest BCUT2D eigenvalue weighted by molar-refractivity contribution is -0.141. The number of urea groups is 1. The van der Waals surface area contributed by atoms with E-state index in [0.29, 0.717) is 36.8 Å². The van der Waals surface area contributed by atoms with Gasteiger partial charge in [-0.25, -0.2) is 14.8 Å². The number of anilines is 1. The summed E-state index contributed by atoms with van der Waals surface area (Å²) in [5, 5.41) is 3.12. The van der Waals surface area contributed by atoms with Gasteiger partial charge in [0.15, 0.2) is 5.69 Å². The van der Waals surface area contributed by atoms with Crippen molar-refractivity contribution in [1.82, 2.24) is 25.1 Å². The molecule has 0 spiro atoms. The average Bonchev–Trinajstić information content (AvgIpc) is 2.71. The second kappa shape index (κ2) is 10.0. The molecule has 7 nitrogen and oxygen atoms in total. The van der Waals surface area contributed by atoms with Crippen LogP contribution in [-0.2, 0) is 6.18 Å². The number of nitrogens with one attached hydrogen (secondary N) is 1. The molecule has 1 aromatic rings. The third kappa shape index (κ3) is 6.94. The monoisotopic (exact) mass is 470 g/mol. The minimum atomic E-state index is -4.51. The number of amides is 2. The van der Waals surface area contributed by atoms with E-state index in [2.05, 4.69) is 41.0 Å². The first-order valence-corrected chi connectivity index (χ1v) is 11.8. The van der Waals surface area contributed by atoms with Crippen LogP contribution in [0.3, 0.4) is 0 Å². The molecule has 33 heavy (non-hydrogen) atoms. The highest BCUT2D eigenvalue weighted by molar-refractivity contribution is 5.75. The lowest BCUT2D eigenvalue weighted by Crippen LogP contribution is -2.61. The predicted octanol–water partition coefficient (Wildman–Crippen LogP) is 3.86. The average molecular weight is 471 g/mol. The van der Waals surface area contributed by atoms with Crippen molar-refractivity contribution >= 4 is 11.8 Å². The van der Waals surface area contributed by atoms with Gasteiger partial charge in [0.2, 0.25) is 0 Å². The van der Waals surface area contributed by atoms with Crippen LogP contribution in [0.15, 0.2) is 12.4 Å². The molecular formula is C23H37F3N6O. The Kier molecular flexibility index (Phi) is 7.76. The summed E-state index contributed by atoms with van der Waals surface area (Å²) >= 11 is 0. The van der Waals surface area contributed by atoms with E-state index < -0.39 is 11.9 Å². The van der Waals surface area contributed by atoms with Crippen molar-refractivity contribution in [2.45, 2.75) is 65.7 Å². The molecule has 0 saturated carbocycles. The van der Waals surface area contributed by atoms with Crippen LogP contribution in [0.4, 0.5) is 23.8 Å². The topological polar surface area (TPSA) is 64.6 Å². The minimum Gasteiger partial charge on any atom is -0.351 e. The van der Waals surface area contributed by atoms with Crippen molar-refractivity contribution in [3.05, 3.63) is 18.1 Å². The number of halogens is 3. The van der Waals surface area contributed by atoms with Gasteiger partial charge in [-0.3, -0.25) is 0 Å². The zero-order valence-corrected chi connectivity index (χ0v) is 20.3. The zero-order valence-electron chi connectivity index (χ0n) is 20.3. The van der Waals surface area contributed by atoms with Crippen LogP contribution in [0.1, 0.15) is 53.2 Å². The standard InChI is InChI=1S/C23H37F3N6O/c1-16-13-31(20-12-27-19(11-28-20)23(24,25)26)14-17(2)32(16)21(33)29-10-18-6-8-30(9-7-18)15-22(3,4)5/h11-12,16-18H,6-10,13-15H2,1-5H3,(H,29,33)/t16-,17+. The maximum absolute atomic E-state index is 12.9. The predicted molar refractivity (Wildman–Crippen MR) is 122 cm³/mol. The Labute approximate surface area is 194 Å². The van der Waals surface area contributed by atoms with Crippen LogP contribution in [0, 0.1) is 11.3 Å². The molecule has 186 valence electrons. The summed E-state index contributed by atoms with van der Waals surface area (Å²) in [5.41, 5.74) is -0.712. The normalized spacial score (nSPS) is 23.6. The number of piperazine rings is 1. The van der Waals surface area contributed by atoms with Gasteiger partial charge in [0.1, 0.15) is 5.82 Å². The highest BCUT2D eigenvalue weighted by atomic mass is 19.4. The molecule has 2 saturated heterocycles.